The molecule has 10 heteroatoms. The molecular weight excluding hydrogens is 482 g/mol. The van der Waals surface area contributed by atoms with E-state index in [1.165, 1.54) is 9.80 Å². The number of hydrogen-bond donors (Lipinski definition) is 2. The number of nitrogens with zero attached hydrogens (tertiary/aromatic N) is 6. The van der Waals surface area contributed by atoms with Gasteiger partial charge in [-0.3, -0.25) is 9.69 Å². The smallest absolute Gasteiger partial charge is 0.328 e. The van der Waals surface area contributed by atoms with Gasteiger partial charge < -0.3 is 19.9 Å². The van der Waals surface area contributed by atoms with E-state index in [2.05, 4.69) is 20.2 Å². The van der Waals surface area contributed by atoms with E-state index in [0.29, 0.717) is 11.9 Å². The Hall–Kier alpha value is -4.99. The Morgan fingerprint density at radius 2 is 1.50 bits per heavy atom. The molecule has 2 aliphatic rings. The zero-order valence-corrected chi connectivity index (χ0v) is 20.6. The predicted molar refractivity (Wildman–Crippen MR) is 142 cm³/mol. The fourth-order valence-electron chi connectivity index (χ4n) is 4.92. The van der Waals surface area contributed by atoms with Crippen molar-refractivity contribution in [3.8, 4) is 5.88 Å². The molecule has 3 aromatic carbocycles. The predicted octanol–water partition coefficient (Wildman–Crippen LogP) is 4.62. The highest BCUT2D eigenvalue weighted by Crippen LogP contribution is 2.36. The van der Waals surface area contributed by atoms with E-state index < -0.39 is 18.2 Å². The standard InChI is InChI=1S/C28H25N7O3/c1-33-24-23(26(37)35(28(33)38)17-19-12-6-3-7-13-19)34(16-18-10-4-2-5-11-18)27(30-24)32-31-22-20-14-8-9-15-21(20)29-25(22)36/h2-15,23-24,29,36H,16-17H2,1H3. The molecular formula is C28H25N7O3. The maximum Gasteiger partial charge on any atom is 0.328 e. The van der Waals surface area contributed by atoms with Gasteiger partial charge in [0.1, 0.15) is 0 Å². The van der Waals surface area contributed by atoms with E-state index in [0.717, 1.165) is 16.6 Å². The number of aliphatic imine (C=N–C) groups is 1. The normalized spacial score (nSPS) is 19.5. The van der Waals surface area contributed by atoms with Crippen LogP contribution in [0.3, 0.4) is 0 Å². The number of para-hydroxylation sites is 1. The van der Waals surface area contributed by atoms with Crippen molar-refractivity contribution < 1.29 is 14.7 Å². The lowest BCUT2D eigenvalue weighted by molar-refractivity contribution is -0.138. The molecule has 10 nitrogen and oxygen atoms in total. The van der Waals surface area contributed by atoms with Gasteiger partial charge in [0.25, 0.3) is 5.91 Å². The first-order chi connectivity index (χ1) is 18.5. The number of aromatic hydroxyl groups is 1. The number of H-pyrrole nitrogens is 1. The number of likely N-dealkylation sites (N-methyl/N-ethyl adjacent to an activating group) is 1. The van der Waals surface area contributed by atoms with Gasteiger partial charge in [0.15, 0.2) is 17.9 Å². The summed E-state index contributed by atoms with van der Waals surface area (Å²) in [6.45, 7) is 0.498. The van der Waals surface area contributed by atoms with Crippen LogP contribution >= 0.6 is 0 Å². The van der Waals surface area contributed by atoms with Crippen LogP contribution < -0.4 is 0 Å². The van der Waals surface area contributed by atoms with Crippen molar-refractivity contribution in [2.24, 2.45) is 15.2 Å². The van der Waals surface area contributed by atoms with Crippen molar-refractivity contribution in [2.75, 3.05) is 7.05 Å². The Bertz CT molecular complexity index is 1570. The van der Waals surface area contributed by atoms with E-state index in [1.807, 2.05) is 84.9 Å². The third-order valence-corrected chi connectivity index (χ3v) is 6.85. The molecule has 6 rings (SSSR count). The van der Waals surface area contributed by atoms with Gasteiger partial charge in [-0.2, -0.15) is 0 Å². The minimum Gasteiger partial charge on any atom is -0.493 e. The van der Waals surface area contributed by atoms with Crippen LogP contribution in [0.25, 0.3) is 10.9 Å². The number of aromatic nitrogens is 1. The second-order valence-corrected chi connectivity index (χ2v) is 9.27. The minimum atomic E-state index is -0.771. The van der Waals surface area contributed by atoms with Gasteiger partial charge in [-0.15, -0.1) is 10.2 Å². The molecule has 0 bridgehead atoms. The summed E-state index contributed by atoms with van der Waals surface area (Å²) in [5.74, 6) is -0.247. The van der Waals surface area contributed by atoms with Crippen molar-refractivity contribution in [3.05, 3.63) is 96.1 Å². The van der Waals surface area contributed by atoms with Crippen molar-refractivity contribution in [2.45, 2.75) is 25.3 Å². The fourth-order valence-corrected chi connectivity index (χ4v) is 4.92. The van der Waals surface area contributed by atoms with E-state index in [4.69, 9.17) is 0 Å². The Balaban J connectivity index is 1.37. The number of carbonyl (C=O) groups is 2. The SMILES string of the molecule is CN1C(=O)N(Cc2ccccc2)C(=O)C2C1N=C(N=Nc1c(O)[nH]c3ccccc13)N2Cc1ccccc1. The zero-order valence-electron chi connectivity index (χ0n) is 20.6. The Morgan fingerprint density at radius 1 is 0.868 bits per heavy atom. The van der Waals surface area contributed by atoms with Crippen LogP contribution in [-0.4, -0.2) is 61.9 Å². The summed E-state index contributed by atoms with van der Waals surface area (Å²) in [5.41, 5.74) is 2.80. The molecule has 1 aromatic heterocycles. The van der Waals surface area contributed by atoms with Crippen LogP contribution in [0.1, 0.15) is 11.1 Å². The van der Waals surface area contributed by atoms with Crippen molar-refractivity contribution in [1.29, 1.82) is 0 Å². The summed E-state index contributed by atoms with van der Waals surface area (Å²) in [6.07, 6.45) is -0.753. The second kappa shape index (κ2) is 9.47. The van der Waals surface area contributed by atoms with Crippen LogP contribution in [0.4, 0.5) is 10.5 Å². The average molecular weight is 508 g/mol. The summed E-state index contributed by atoms with van der Waals surface area (Å²) < 4.78 is 0. The minimum absolute atomic E-state index is 0.113. The number of azo groups is 1. The van der Waals surface area contributed by atoms with Crippen LogP contribution in [0.5, 0.6) is 5.88 Å². The van der Waals surface area contributed by atoms with Crippen LogP contribution in [0.2, 0.25) is 0 Å². The molecule has 2 atom stereocenters. The lowest BCUT2D eigenvalue weighted by Crippen LogP contribution is -2.64. The number of aromatic amines is 1. The second-order valence-electron chi connectivity index (χ2n) is 9.27. The summed E-state index contributed by atoms with van der Waals surface area (Å²) in [5, 5.41) is 19.9. The number of urea groups is 1. The maximum atomic E-state index is 13.8. The molecule has 190 valence electrons. The van der Waals surface area contributed by atoms with Crippen LogP contribution in [0, 0.1) is 0 Å². The fraction of sp³-hybridized carbons (Fsp3) is 0.179. The first-order valence-corrected chi connectivity index (χ1v) is 12.2. The number of imide groups is 1. The molecule has 4 aromatic rings. The summed E-state index contributed by atoms with van der Waals surface area (Å²) in [6, 6.07) is 25.2. The topological polar surface area (TPSA) is 117 Å². The molecule has 0 saturated carbocycles. The molecule has 1 saturated heterocycles. The van der Waals surface area contributed by atoms with E-state index in [-0.39, 0.29) is 30.0 Å². The molecule has 0 radical (unpaired) electrons. The highest BCUT2D eigenvalue weighted by atomic mass is 16.3. The van der Waals surface area contributed by atoms with Crippen molar-refractivity contribution >= 4 is 34.5 Å². The number of nitrogens with one attached hydrogen (secondary N) is 1. The van der Waals surface area contributed by atoms with Gasteiger partial charge >= 0.3 is 6.03 Å². The molecule has 2 N–H and O–H groups in total. The lowest BCUT2D eigenvalue weighted by atomic mass is 10.1. The van der Waals surface area contributed by atoms with Gasteiger partial charge in [-0.1, -0.05) is 78.9 Å². The summed E-state index contributed by atoms with van der Waals surface area (Å²) in [7, 11) is 1.64. The quantitative estimate of drug-likeness (QED) is 0.384. The summed E-state index contributed by atoms with van der Waals surface area (Å²) >= 11 is 0. The van der Waals surface area contributed by atoms with Gasteiger partial charge in [0, 0.05) is 19.0 Å². The maximum absolute atomic E-state index is 13.8. The number of carbonyl (C=O) groups excluding carboxylic acids is 2. The number of rotatable bonds is 5. The zero-order chi connectivity index (χ0) is 26.2. The monoisotopic (exact) mass is 507 g/mol. The number of fused-ring (bicyclic) bond motifs is 2. The first-order valence-electron chi connectivity index (χ1n) is 12.2. The number of guanidine groups is 1. The largest absolute Gasteiger partial charge is 0.493 e. The molecule has 2 unspecified atom stereocenters. The van der Waals surface area contributed by atoms with Crippen molar-refractivity contribution in [1.82, 2.24) is 19.7 Å². The molecule has 0 spiro atoms. The van der Waals surface area contributed by atoms with E-state index >= 15 is 0 Å². The Labute approximate surface area is 218 Å². The number of amides is 3. The van der Waals surface area contributed by atoms with E-state index in [1.54, 1.807) is 11.9 Å². The Kier molecular flexibility index (Phi) is 5.83. The lowest BCUT2D eigenvalue weighted by Gasteiger charge is -2.41. The number of benzene rings is 3. The van der Waals surface area contributed by atoms with Gasteiger partial charge in [-0.05, 0) is 17.2 Å². The van der Waals surface area contributed by atoms with Crippen LogP contribution in [-0.2, 0) is 17.9 Å². The molecule has 0 aliphatic carbocycles. The van der Waals surface area contributed by atoms with Gasteiger partial charge in [-0.25, -0.2) is 9.79 Å². The molecule has 2 aliphatic heterocycles. The molecule has 3 heterocycles. The molecule has 38 heavy (non-hydrogen) atoms. The van der Waals surface area contributed by atoms with Crippen LogP contribution in [0.15, 0.2) is 100 Å². The molecule has 1 fully saturated rings. The third-order valence-electron chi connectivity index (χ3n) is 6.85. The number of hydrogen-bond acceptors (Lipinski definition) is 7. The van der Waals surface area contributed by atoms with Gasteiger partial charge in [0.2, 0.25) is 11.8 Å². The first kappa shape index (κ1) is 23.4. The molecule has 3 amide bonds. The summed E-state index contributed by atoms with van der Waals surface area (Å²) in [4.78, 5) is 39.1. The highest BCUT2D eigenvalue weighted by Gasteiger charge is 2.52. The third kappa shape index (κ3) is 4.05. The van der Waals surface area contributed by atoms with Gasteiger partial charge in [0.05, 0.1) is 12.1 Å². The Morgan fingerprint density at radius 3 is 2.21 bits per heavy atom. The van der Waals surface area contributed by atoms with Crippen molar-refractivity contribution in [3.63, 3.8) is 0 Å². The highest BCUT2D eigenvalue weighted by molar-refractivity contribution is 6.04. The van der Waals surface area contributed by atoms with E-state index in [9.17, 15) is 14.7 Å². The average Bonchev–Trinajstić information content (AvgIpc) is 3.46.